The topological polar surface area (TPSA) is 70.0 Å². The molecule has 37 heavy (non-hydrogen) atoms. The number of aliphatic hydroxyl groups is 2. The number of likely N-dealkylation sites (tertiary alicyclic amines) is 1. The fourth-order valence-corrected chi connectivity index (χ4v) is 4.57. The quantitative estimate of drug-likeness (QED) is 0.350. The van der Waals surface area contributed by atoms with Crippen molar-refractivity contribution < 1.29 is 28.5 Å². The lowest BCUT2D eigenvalue weighted by molar-refractivity contribution is -0.107. The van der Waals surface area contributed by atoms with Crippen molar-refractivity contribution in [1.29, 1.82) is 0 Å². The summed E-state index contributed by atoms with van der Waals surface area (Å²) >= 11 is 5.90. The van der Waals surface area contributed by atoms with Gasteiger partial charge in [0.25, 0.3) is 0 Å². The number of rotatable bonds is 11. The van der Waals surface area contributed by atoms with Crippen LogP contribution in [-0.4, -0.2) is 60.9 Å². The monoisotopic (exact) mass is 541 g/mol. The third-order valence-corrected chi connectivity index (χ3v) is 6.53. The summed E-state index contributed by atoms with van der Waals surface area (Å²) in [7, 11) is 1.00. The first kappa shape index (κ1) is 33.1. The Kier molecular flexibility index (Phi) is 16.4. The smallest absolute Gasteiger partial charge is 0.129 e. The lowest BCUT2D eigenvalue weighted by atomic mass is 9.96. The van der Waals surface area contributed by atoms with Gasteiger partial charge in [0, 0.05) is 31.2 Å². The number of aliphatic hydroxyl groups excluding tert-OH is 2. The Labute approximate surface area is 225 Å². The number of ether oxygens (including phenoxy) is 1. The van der Waals surface area contributed by atoms with Crippen LogP contribution in [0.4, 0.5) is 8.78 Å². The van der Waals surface area contributed by atoms with Crippen molar-refractivity contribution in [1.82, 2.24) is 4.90 Å². The molecule has 0 saturated carbocycles. The summed E-state index contributed by atoms with van der Waals surface area (Å²) in [6.45, 7) is 8.69. The third kappa shape index (κ3) is 11.6. The number of nitrogens with zero attached hydrogens (tertiary/aromatic N) is 1. The maximum atomic E-state index is 14.1. The Morgan fingerprint density at radius 2 is 1.81 bits per heavy atom. The summed E-state index contributed by atoms with van der Waals surface area (Å²) in [6.07, 6.45) is 3.78. The van der Waals surface area contributed by atoms with E-state index in [0.717, 1.165) is 50.6 Å². The van der Waals surface area contributed by atoms with Crippen molar-refractivity contribution in [2.24, 2.45) is 0 Å². The van der Waals surface area contributed by atoms with E-state index in [-0.39, 0.29) is 19.4 Å². The second kappa shape index (κ2) is 18.4. The van der Waals surface area contributed by atoms with Crippen LogP contribution in [0.15, 0.2) is 30.3 Å². The second-order valence-electron chi connectivity index (χ2n) is 9.00. The molecule has 3 rings (SSSR count). The van der Waals surface area contributed by atoms with Gasteiger partial charge in [-0.05, 0) is 80.9 Å². The summed E-state index contributed by atoms with van der Waals surface area (Å²) in [6, 6.07) is 8.21. The molecule has 0 aromatic heterocycles. The minimum Gasteiger partial charge on any atom is -0.400 e. The van der Waals surface area contributed by atoms with Gasteiger partial charge in [0.05, 0.1) is 18.8 Å². The minimum absolute atomic E-state index is 0.111. The van der Waals surface area contributed by atoms with Crippen LogP contribution in [0.2, 0.25) is 5.02 Å². The zero-order valence-electron chi connectivity index (χ0n) is 22.5. The van der Waals surface area contributed by atoms with Crippen LogP contribution < -0.4 is 0 Å². The van der Waals surface area contributed by atoms with Gasteiger partial charge in [-0.2, -0.15) is 0 Å². The van der Waals surface area contributed by atoms with Crippen LogP contribution in [0.5, 0.6) is 0 Å². The van der Waals surface area contributed by atoms with Crippen molar-refractivity contribution in [2.45, 2.75) is 71.5 Å². The van der Waals surface area contributed by atoms with E-state index in [1.807, 2.05) is 19.1 Å². The van der Waals surface area contributed by atoms with Crippen molar-refractivity contribution in [3.05, 3.63) is 69.2 Å². The standard InChI is InChI=1S/C19H27F2NO3.C9H11Cl.CH4O/c1-2-19(25-13-15(24)12-22-7-3-4-8-22)17-10-14(20)11-18(21)16(17)6-5-9-23;1-3-8-6-7(2)4-5-9(8)10;1-2/h9-11,15,19,24H,2-8,12-13H2,1H3;4-6H,3H2,1-2H3;2H,1H3. The first-order valence-electron chi connectivity index (χ1n) is 12.9. The molecule has 1 aliphatic rings. The highest BCUT2D eigenvalue weighted by Gasteiger charge is 2.21. The Morgan fingerprint density at radius 1 is 1.14 bits per heavy atom. The molecule has 0 aliphatic carbocycles. The van der Waals surface area contributed by atoms with Gasteiger partial charge in [0.2, 0.25) is 0 Å². The molecular weight excluding hydrogens is 500 g/mol. The zero-order valence-corrected chi connectivity index (χ0v) is 23.2. The number of hydrogen-bond acceptors (Lipinski definition) is 5. The first-order valence-corrected chi connectivity index (χ1v) is 13.3. The van der Waals surface area contributed by atoms with Crippen LogP contribution in [0, 0.1) is 18.6 Å². The van der Waals surface area contributed by atoms with Gasteiger partial charge in [-0.3, -0.25) is 0 Å². The van der Waals surface area contributed by atoms with E-state index in [4.69, 9.17) is 21.4 Å². The van der Waals surface area contributed by atoms with Crippen molar-refractivity contribution in [2.75, 3.05) is 33.4 Å². The third-order valence-electron chi connectivity index (χ3n) is 6.16. The Hall–Kier alpha value is -1.90. The summed E-state index contributed by atoms with van der Waals surface area (Å²) in [5.41, 5.74) is 3.26. The number of benzene rings is 2. The lowest BCUT2D eigenvalue weighted by Gasteiger charge is -2.24. The van der Waals surface area contributed by atoms with Gasteiger partial charge < -0.3 is 24.6 Å². The highest BCUT2D eigenvalue weighted by Crippen LogP contribution is 2.29. The largest absolute Gasteiger partial charge is 0.400 e. The maximum absolute atomic E-state index is 14.1. The van der Waals surface area contributed by atoms with Gasteiger partial charge in [-0.25, -0.2) is 8.78 Å². The van der Waals surface area contributed by atoms with E-state index < -0.39 is 23.8 Å². The van der Waals surface area contributed by atoms with Crippen LogP contribution in [-0.2, 0) is 22.4 Å². The van der Waals surface area contributed by atoms with E-state index in [1.165, 1.54) is 17.2 Å². The molecule has 0 bridgehead atoms. The van der Waals surface area contributed by atoms with E-state index in [9.17, 15) is 18.7 Å². The highest BCUT2D eigenvalue weighted by molar-refractivity contribution is 6.31. The van der Waals surface area contributed by atoms with Crippen molar-refractivity contribution in [3.8, 4) is 0 Å². The predicted octanol–water partition coefficient (Wildman–Crippen LogP) is 5.84. The second-order valence-corrected chi connectivity index (χ2v) is 9.41. The average molecular weight is 542 g/mol. The maximum Gasteiger partial charge on any atom is 0.129 e. The number of carbonyl (C=O) groups is 1. The lowest BCUT2D eigenvalue weighted by Crippen LogP contribution is -2.33. The fourth-order valence-electron chi connectivity index (χ4n) is 4.32. The number of aldehydes is 1. The minimum atomic E-state index is -0.665. The number of aryl methyl sites for hydroxylation is 2. The molecule has 2 aromatic carbocycles. The summed E-state index contributed by atoms with van der Waals surface area (Å²) < 4.78 is 33.6. The van der Waals surface area contributed by atoms with Gasteiger partial charge in [-0.15, -0.1) is 0 Å². The number of carbonyl (C=O) groups excluding carboxylic acids is 1. The van der Waals surface area contributed by atoms with Crippen molar-refractivity contribution >= 4 is 17.9 Å². The van der Waals surface area contributed by atoms with Crippen LogP contribution in [0.1, 0.15) is 67.9 Å². The Balaban J connectivity index is 0.000000475. The molecule has 1 heterocycles. The molecule has 5 nitrogen and oxygen atoms in total. The molecular formula is C29H42ClF2NO4. The molecule has 0 spiro atoms. The summed E-state index contributed by atoms with van der Waals surface area (Å²) in [5.74, 6) is -1.32. The number of hydrogen-bond donors (Lipinski definition) is 2. The van der Waals surface area contributed by atoms with Gasteiger partial charge in [0.15, 0.2) is 0 Å². The molecule has 2 unspecified atom stereocenters. The molecule has 2 aromatic rings. The molecule has 8 heteroatoms. The Morgan fingerprint density at radius 3 is 2.38 bits per heavy atom. The predicted molar refractivity (Wildman–Crippen MR) is 145 cm³/mol. The molecule has 2 atom stereocenters. The first-order chi connectivity index (χ1) is 17.8. The molecule has 2 N–H and O–H groups in total. The molecule has 208 valence electrons. The number of β-amino-alcohol motifs (C(OH)–C–C–N with tert-alkyl or cyclic N) is 1. The van der Waals surface area contributed by atoms with Crippen molar-refractivity contribution in [3.63, 3.8) is 0 Å². The van der Waals surface area contributed by atoms with E-state index in [2.05, 4.69) is 24.8 Å². The Bertz CT molecular complexity index is 938. The van der Waals surface area contributed by atoms with Crippen LogP contribution >= 0.6 is 11.6 Å². The SMILES string of the molecule is CCC(OCC(O)CN1CCCC1)c1cc(F)cc(F)c1CCC=O.CCc1cc(C)ccc1Cl.CO. The molecule has 1 saturated heterocycles. The average Bonchev–Trinajstić information content (AvgIpc) is 3.40. The van der Waals surface area contributed by atoms with E-state index in [1.54, 1.807) is 0 Å². The number of halogens is 3. The van der Waals surface area contributed by atoms with E-state index in [0.29, 0.717) is 30.4 Å². The van der Waals surface area contributed by atoms with Gasteiger partial charge in [0.1, 0.15) is 17.9 Å². The van der Waals surface area contributed by atoms with Crippen LogP contribution in [0.3, 0.4) is 0 Å². The zero-order chi connectivity index (χ0) is 27.8. The van der Waals surface area contributed by atoms with Gasteiger partial charge >= 0.3 is 0 Å². The highest BCUT2D eigenvalue weighted by atomic mass is 35.5. The van der Waals surface area contributed by atoms with Crippen LogP contribution in [0.25, 0.3) is 0 Å². The van der Waals surface area contributed by atoms with Gasteiger partial charge in [-0.1, -0.05) is 43.1 Å². The normalized spacial score (nSPS) is 14.7. The molecule has 1 fully saturated rings. The molecule has 1 aliphatic heterocycles. The molecule has 0 radical (unpaired) electrons. The molecule has 0 amide bonds. The van der Waals surface area contributed by atoms with E-state index >= 15 is 0 Å². The summed E-state index contributed by atoms with van der Waals surface area (Å²) in [5, 5.41) is 18.0. The summed E-state index contributed by atoms with van der Waals surface area (Å²) in [4.78, 5) is 12.8. The fraction of sp³-hybridized carbons (Fsp3) is 0.552.